The van der Waals surface area contributed by atoms with Crippen LogP contribution < -0.4 is 28.7 Å². The first-order valence-electron chi connectivity index (χ1n) is 49.4. The Labute approximate surface area is 835 Å². The third-order valence-electron chi connectivity index (χ3n) is 30.7. The monoisotopic (exact) mass is 1960 g/mol. The molecule has 0 aromatic heterocycles. The Balaban J connectivity index is 0.682. The van der Waals surface area contributed by atoms with Crippen LogP contribution in [0.2, 0.25) is 0 Å². The fourth-order valence-corrected chi connectivity index (χ4v) is 23.8. The number of fused-ring (bicyclic) bond motifs is 12. The third-order valence-corrected chi connectivity index (χ3v) is 31.6. The van der Waals surface area contributed by atoms with Crippen molar-refractivity contribution in [2.75, 3.05) is 9.80 Å². The molecule has 0 saturated heterocycles. The molecule has 12 heteroatoms. The molecule has 0 bridgehead atoms. The van der Waals surface area contributed by atoms with Gasteiger partial charge < -0.3 is 18.9 Å². The van der Waals surface area contributed by atoms with Crippen molar-refractivity contribution in [3.05, 3.63) is 356 Å². The Morgan fingerprint density at radius 2 is 0.479 bits per heavy atom. The summed E-state index contributed by atoms with van der Waals surface area (Å²) < 4.78 is 31.1. The van der Waals surface area contributed by atoms with Gasteiger partial charge in [0.15, 0.2) is 0 Å². The van der Waals surface area contributed by atoms with Crippen molar-refractivity contribution in [1.82, 2.24) is 0 Å². The van der Waals surface area contributed by atoms with Crippen molar-refractivity contribution >= 4 is 184 Å². The molecule has 5 aliphatic carbocycles. The SMILES string of the molecule is C=C(Br)c1cc(C(C)C)c(N2C(=O)c3cc(Oc4ccc(C(C)(C)C)cc4)c4c5ccc6c7c(ccc(c8c(Oc9ccc(C(C)(C)C)cc9)cc(c3c48)C2=O)c75)C2=C[C@@H]3/C=C\[C@@H]4C=C5C(=CC4/C=C\C3C=C26)c2ccc3c4c(Oc6ccc(C(C)(C)C)cc6)cc6c7c(cc(Oc8ccc(C(C)(C)C)cc8)c(c8ccc5c2c38)c74)C(=O)N(c2c(C(C)C)cc(C(=C)Br)cc2C(C)C)C6=O)c(C(C)C)c1. The van der Waals surface area contributed by atoms with Crippen LogP contribution in [0.3, 0.4) is 0 Å². The van der Waals surface area contributed by atoms with Crippen LogP contribution in [0, 0.1) is 23.7 Å². The van der Waals surface area contributed by atoms with E-state index in [9.17, 15) is 0 Å². The molecule has 2 heterocycles. The Morgan fingerprint density at radius 1 is 0.271 bits per heavy atom. The second-order valence-corrected chi connectivity index (χ2v) is 47.0. The highest BCUT2D eigenvalue weighted by atomic mass is 79.9. The first-order chi connectivity index (χ1) is 66.6. The van der Waals surface area contributed by atoms with Crippen molar-refractivity contribution in [3.8, 4) is 46.0 Å². The van der Waals surface area contributed by atoms with Crippen molar-refractivity contribution in [2.45, 2.75) is 184 Å². The zero-order valence-electron chi connectivity index (χ0n) is 83.0. The molecule has 0 N–H and O–H groups in total. The molecule has 2 aliphatic heterocycles. The van der Waals surface area contributed by atoms with Gasteiger partial charge in [0, 0.05) is 75.7 Å². The molecule has 4 atom stereocenters. The number of amides is 4. The molecule has 16 aromatic rings. The van der Waals surface area contributed by atoms with Gasteiger partial charge in [-0.1, -0.05) is 329 Å². The number of hydrogen-bond donors (Lipinski definition) is 0. The molecule has 10 nitrogen and oxygen atoms in total. The van der Waals surface area contributed by atoms with E-state index in [0.29, 0.717) is 99.4 Å². The minimum Gasteiger partial charge on any atom is -0.457 e. The van der Waals surface area contributed by atoms with Gasteiger partial charge in [0.1, 0.15) is 46.0 Å². The third kappa shape index (κ3) is 14.0. The van der Waals surface area contributed by atoms with Crippen molar-refractivity contribution in [1.29, 1.82) is 0 Å². The van der Waals surface area contributed by atoms with Crippen molar-refractivity contribution < 1.29 is 38.1 Å². The number of benzene rings is 16. The molecule has 4 amide bonds. The Bertz CT molecular complexity index is 7520. The molecule has 0 spiro atoms. The first-order valence-corrected chi connectivity index (χ1v) is 50.9. The van der Waals surface area contributed by atoms with Crippen molar-refractivity contribution in [3.63, 3.8) is 0 Å². The Morgan fingerprint density at radius 3 is 0.671 bits per heavy atom. The number of carbonyl (C=O) groups excluding carboxylic acids is 4. The van der Waals surface area contributed by atoms with E-state index in [-0.39, 0.29) is 69.0 Å². The molecule has 0 saturated carbocycles. The topological polar surface area (TPSA) is 112 Å². The van der Waals surface area contributed by atoms with Crippen LogP contribution in [0.25, 0.3) is 117 Å². The Hall–Kier alpha value is -13.5. The molecule has 696 valence electrons. The maximum Gasteiger partial charge on any atom is 0.266 e. The normalized spacial score (nSPS) is 17.7. The summed E-state index contributed by atoms with van der Waals surface area (Å²) in [6.45, 7) is 51.9. The van der Waals surface area contributed by atoms with Gasteiger partial charge in [0.05, 0.1) is 33.6 Å². The van der Waals surface area contributed by atoms with Gasteiger partial charge in [-0.25, -0.2) is 9.80 Å². The fraction of sp³-hybridized carbons (Fsp3) is 0.250. The average Bonchev–Trinajstić information content (AvgIpc) is 1.22. The fourth-order valence-electron chi connectivity index (χ4n) is 23.3. The number of anilines is 2. The number of carbonyl (C=O) groups is 4. The lowest BCUT2D eigenvalue weighted by molar-refractivity contribution is 0.0877. The summed E-state index contributed by atoms with van der Waals surface area (Å²) in [5, 5.41) is 13.7. The summed E-state index contributed by atoms with van der Waals surface area (Å²) in [5.74, 6) is 2.27. The second-order valence-electron chi connectivity index (χ2n) is 45.1. The van der Waals surface area contributed by atoms with Gasteiger partial charge in [-0.05, 0) is 286 Å². The zero-order chi connectivity index (χ0) is 98.1. The van der Waals surface area contributed by atoms with Crippen LogP contribution >= 0.6 is 31.9 Å². The first kappa shape index (κ1) is 90.3. The van der Waals surface area contributed by atoms with E-state index < -0.39 is 23.6 Å². The highest BCUT2D eigenvalue weighted by Gasteiger charge is 2.46. The quantitative estimate of drug-likeness (QED) is 0.0407. The number of allylic oxidation sites excluding steroid dienone is 12. The molecule has 23 rings (SSSR count). The average molecular weight is 1970 g/mol. The summed E-state index contributed by atoms with van der Waals surface area (Å²) in [5.41, 5.74) is 21.1. The van der Waals surface area contributed by atoms with E-state index >= 15 is 19.2 Å². The van der Waals surface area contributed by atoms with E-state index in [0.717, 1.165) is 153 Å². The van der Waals surface area contributed by atoms with E-state index in [1.165, 1.54) is 32.1 Å². The number of halogens is 2. The molecule has 140 heavy (non-hydrogen) atoms. The van der Waals surface area contributed by atoms with Gasteiger partial charge in [0.25, 0.3) is 23.6 Å². The minimum absolute atomic E-state index is 0.00532. The molecule has 0 radical (unpaired) electrons. The van der Waals surface area contributed by atoms with E-state index in [1.54, 1.807) is 0 Å². The van der Waals surface area contributed by atoms with Crippen LogP contribution in [-0.2, 0) is 21.7 Å². The highest BCUT2D eigenvalue weighted by molar-refractivity contribution is 9.15. The molecular formula is C128H112Br2N2O8. The number of ether oxygens (including phenoxy) is 4. The van der Waals surface area contributed by atoms with Crippen LogP contribution in [0.1, 0.15) is 281 Å². The van der Waals surface area contributed by atoms with Crippen LogP contribution in [0.4, 0.5) is 11.4 Å². The molecular weight excluding hydrogens is 1850 g/mol. The van der Waals surface area contributed by atoms with E-state index in [4.69, 9.17) is 18.9 Å². The number of nitrogens with zero attached hydrogens (tertiary/aromatic N) is 2. The van der Waals surface area contributed by atoms with Crippen LogP contribution in [-0.4, -0.2) is 23.6 Å². The number of rotatable bonds is 16. The molecule has 7 aliphatic rings. The number of hydrogen-bond acceptors (Lipinski definition) is 8. The summed E-state index contributed by atoms with van der Waals surface area (Å²) >= 11 is 7.39. The van der Waals surface area contributed by atoms with Gasteiger partial charge >= 0.3 is 0 Å². The summed E-state index contributed by atoms with van der Waals surface area (Å²) in [7, 11) is 0. The summed E-state index contributed by atoms with van der Waals surface area (Å²) in [4.78, 5) is 68.8. The van der Waals surface area contributed by atoms with Crippen molar-refractivity contribution in [2.24, 2.45) is 23.7 Å². The van der Waals surface area contributed by atoms with Gasteiger partial charge in [0.2, 0.25) is 0 Å². The maximum absolute atomic E-state index is 16.5. The molecule has 2 unspecified atom stereocenters. The van der Waals surface area contributed by atoms with E-state index in [1.807, 2.05) is 72.8 Å². The van der Waals surface area contributed by atoms with Crippen LogP contribution in [0.15, 0.2) is 256 Å². The lowest BCUT2D eigenvalue weighted by Gasteiger charge is -2.34. The maximum atomic E-state index is 16.5. The number of imide groups is 2. The highest BCUT2D eigenvalue weighted by Crippen LogP contribution is 2.63. The predicted octanol–water partition coefficient (Wildman–Crippen LogP) is 35.9. The van der Waals surface area contributed by atoms with Gasteiger partial charge in [-0.2, -0.15) is 0 Å². The largest absolute Gasteiger partial charge is 0.457 e. The van der Waals surface area contributed by atoms with Gasteiger partial charge in [-0.15, -0.1) is 0 Å². The summed E-state index contributed by atoms with van der Waals surface area (Å²) in [6.07, 6.45) is 19.8. The lowest BCUT2D eigenvalue weighted by Crippen LogP contribution is -2.42. The minimum atomic E-state index is -0.432. The molecule has 0 fully saturated rings. The summed E-state index contributed by atoms with van der Waals surface area (Å²) in [6, 6.07) is 67.2. The molecule has 16 aromatic carbocycles. The lowest BCUT2D eigenvalue weighted by atomic mass is 9.75. The zero-order valence-corrected chi connectivity index (χ0v) is 86.2. The van der Waals surface area contributed by atoms with Crippen LogP contribution in [0.5, 0.6) is 46.0 Å². The predicted molar refractivity (Wildman–Crippen MR) is 588 cm³/mol. The second kappa shape index (κ2) is 32.0. The standard InChI is InChI=1S/C128H112Br2N2O8/c1-63(2)91-55-73(67(9)129)56-92(64(3)4)119(91)131-121(133)99-59-103(137-79-35-27-75(28-36-79)125(11,12)13)113-87-47-43-83-95-51-69-23-25-71-53-97-85-45-49-89-110-90(50-46-86(108(85)110)98(97)54-72(71)26-24-70(69)52-96(95)84-44-48-88(109(87)107(83)84)114-104(60-100(122(131)134)111(99)117(113)114)138-80-37-29-76(30-38-80)126(14,15)16)116-106(140-82-41-33-78(34-42-82)128(20,21)22)62-102-112-101(61-105(115(89)118(112)116)139-81-39-31-77(32-40-81)127(17,18)19)123(135)132(124(102)136)120-93(65(5)6)57-74(68(10)130)58-94(120)66(7)8/h23-66,69-72H,9-10H2,1-8,11-22H3/b25-23-,26-24-/t69-,70?,71+,72?. The van der Waals surface area contributed by atoms with E-state index in [2.05, 4.69) is 353 Å². The smallest absolute Gasteiger partial charge is 0.266 e. The van der Waals surface area contributed by atoms with Gasteiger partial charge in [-0.3, -0.25) is 19.2 Å². The Kier molecular flexibility index (Phi) is 20.6.